The largest absolute Gasteiger partial charge is 0.251 e. The van der Waals surface area contributed by atoms with Gasteiger partial charge in [0.15, 0.2) is 0 Å². The van der Waals surface area contributed by atoms with Crippen LogP contribution >= 0.6 is 11.3 Å². The Morgan fingerprint density at radius 1 is 1.47 bits per heavy atom. The average Bonchev–Trinajstić information content (AvgIpc) is 2.77. The van der Waals surface area contributed by atoms with Crippen LogP contribution in [0.4, 0.5) is 0 Å². The molecule has 0 fully saturated rings. The molecule has 0 amide bonds. The van der Waals surface area contributed by atoms with Gasteiger partial charge in [-0.2, -0.15) is 9.98 Å². The Balaban J connectivity index is 3.01. The Bertz CT molecular complexity index is 528. The van der Waals surface area contributed by atoms with Crippen molar-refractivity contribution < 1.29 is 8.42 Å². The number of sulfonamides is 1. The monoisotopic (exact) mass is 272 g/mol. The number of hydrogen-bond acceptors (Lipinski definition) is 4. The standard InChI is InChI=1S/C11H16N2O2S2/c1-4-9-6-7-10(16-9)17(14,15)13-11(3,5-2)8-12/h6-7,13H,4-5H2,1-3H3. The van der Waals surface area contributed by atoms with Gasteiger partial charge in [-0.3, -0.25) is 0 Å². The summed E-state index contributed by atoms with van der Waals surface area (Å²) in [6, 6.07) is 5.37. The Hall–Kier alpha value is -0.900. The van der Waals surface area contributed by atoms with Crippen LogP contribution in [0, 0.1) is 11.3 Å². The maximum absolute atomic E-state index is 12.0. The highest BCUT2D eigenvalue weighted by atomic mass is 32.2. The molecular weight excluding hydrogens is 256 g/mol. The molecule has 1 aromatic heterocycles. The second-order valence-electron chi connectivity index (χ2n) is 3.98. The first-order chi connectivity index (χ1) is 7.87. The van der Waals surface area contributed by atoms with Crippen molar-refractivity contribution in [3.63, 3.8) is 0 Å². The van der Waals surface area contributed by atoms with Crippen LogP contribution in [-0.4, -0.2) is 14.0 Å². The zero-order valence-electron chi connectivity index (χ0n) is 10.1. The van der Waals surface area contributed by atoms with Gasteiger partial charge in [0.25, 0.3) is 10.0 Å². The van der Waals surface area contributed by atoms with E-state index in [2.05, 4.69) is 4.72 Å². The first kappa shape index (κ1) is 14.2. The highest BCUT2D eigenvalue weighted by molar-refractivity contribution is 7.91. The molecule has 17 heavy (non-hydrogen) atoms. The number of thiophene rings is 1. The van der Waals surface area contributed by atoms with Gasteiger partial charge in [0.2, 0.25) is 0 Å². The van der Waals surface area contributed by atoms with Crippen LogP contribution < -0.4 is 4.72 Å². The van der Waals surface area contributed by atoms with E-state index >= 15 is 0 Å². The van der Waals surface area contributed by atoms with E-state index in [4.69, 9.17) is 5.26 Å². The predicted octanol–water partition coefficient (Wildman–Crippen LogP) is 2.28. The third kappa shape index (κ3) is 3.28. The summed E-state index contributed by atoms with van der Waals surface area (Å²) in [7, 11) is -3.59. The third-order valence-corrected chi connectivity index (χ3v) is 5.88. The molecule has 1 rings (SSSR count). The van der Waals surface area contributed by atoms with Crippen molar-refractivity contribution in [2.45, 2.75) is 43.4 Å². The summed E-state index contributed by atoms with van der Waals surface area (Å²) in [4.78, 5) is 1.01. The van der Waals surface area contributed by atoms with E-state index in [9.17, 15) is 8.42 Å². The molecular formula is C11H16N2O2S2. The van der Waals surface area contributed by atoms with Crippen molar-refractivity contribution in [3.8, 4) is 6.07 Å². The van der Waals surface area contributed by atoms with Crippen LogP contribution in [0.1, 0.15) is 32.1 Å². The maximum atomic E-state index is 12.0. The molecule has 0 saturated heterocycles. The minimum Gasteiger partial charge on any atom is -0.206 e. The van der Waals surface area contributed by atoms with Gasteiger partial charge in [-0.25, -0.2) is 8.42 Å². The first-order valence-electron chi connectivity index (χ1n) is 5.41. The van der Waals surface area contributed by atoms with Crippen LogP contribution in [0.25, 0.3) is 0 Å². The molecule has 0 saturated carbocycles. The topological polar surface area (TPSA) is 70.0 Å². The lowest BCUT2D eigenvalue weighted by atomic mass is 10.0. The number of aryl methyl sites for hydroxylation is 1. The fraction of sp³-hybridized carbons (Fsp3) is 0.545. The van der Waals surface area contributed by atoms with Crippen LogP contribution in [0.2, 0.25) is 0 Å². The smallest absolute Gasteiger partial charge is 0.206 e. The van der Waals surface area contributed by atoms with E-state index in [-0.39, 0.29) is 4.21 Å². The zero-order valence-corrected chi connectivity index (χ0v) is 11.8. The Kier molecular flexibility index (Phi) is 4.31. The molecule has 6 heteroatoms. The molecule has 94 valence electrons. The Morgan fingerprint density at radius 2 is 2.12 bits per heavy atom. The summed E-state index contributed by atoms with van der Waals surface area (Å²) < 4.78 is 26.8. The van der Waals surface area contributed by atoms with Gasteiger partial charge in [0, 0.05) is 4.88 Å². The van der Waals surface area contributed by atoms with Crippen LogP contribution in [0.5, 0.6) is 0 Å². The molecule has 0 spiro atoms. The quantitative estimate of drug-likeness (QED) is 0.894. The van der Waals surface area contributed by atoms with Gasteiger partial charge in [-0.1, -0.05) is 13.8 Å². The molecule has 0 aliphatic heterocycles. The number of nitrogens with one attached hydrogen (secondary N) is 1. The lowest BCUT2D eigenvalue weighted by Crippen LogP contribution is -2.43. The Morgan fingerprint density at radius 3 is 2.53 bits per heavy atom. The molecule has 0 aliphatic carbocycles. The molecule has 0 aromatic carbocycles. The van der Waals surface area contributed by atoms with Crippen LogP contribution in [0.3, 0.4) is 0 Å². The summed E-state index contributed by atoms with van der Waals surface area (Å²) in [5, 5.41) is 8.97. The van der Waals surface area contributed by atoms with Crippen molar-refractivity contribution >= 4 is 21.4 Å². The molecule has 1 aromatic rings. The van der Waals surface area contributed by atoms with Gasteiger partial charge in [-0.05, 0) is 31.9 Å². The molecule has 1 N–H and O–H groups in total. The lowest BCUT2D eigenvalue weighted by molar-refractivity contribution is 0.496. The van der Waals surface area contributed by atoms with E-state index in [0.29, 0.717) is 6.42 Å². The Labute approximate surface area is 106 Å². The molecule has 0 bridgehead atoms. The number of hydrogen-bond donors (Lipinski definition) is 1. The van der Waals surface area contributed by atoms with Crippen molar-refractivity contribution in [1.82, 2.24) is 4.72 Å². The highest BCUT2D eigenvalue weighted by Crippen LogP contribution is 2.23. The summed E-state index contributed by atoms with van der Waals surface area (Å²) in [6.45, 7) is 5.33. The minimum absolute atomic E-state index is 0.268. The van der Waals surface area contributed by atoms with E-state index in [0.717, 1.165) is 11.3 Å². The predicted molar refractivity (Wildman–Crippen MR) is 68.3 cm³/mol. The second-order valence-corrected chi connectivity index (χ2v) is 7.05. The fourth-order valence-electron chi connectivity index (χ4n) is 1.21. The SMILES string of the molecule is CCc1ccc(S(=O)(=O)NC(C)(C#N)CC)s1. The molecule has 1 atom stereocenters. The van der Waals surface area contributed by atoms with Gasteiger partial charge < -0.3 is 0 Å². The van der Waals surface area contributed by atoms with E-state index < -0.39 is 15.6 Å². The summed E-state index contributed by atoms with van der Waals surface area (Å²) in [5.74, 6) is 0. The summed E-state index contributed by atoms with van der Waals surface area (Å²) in [6.07, 6.45) is 1.23. The van der Waals surface area contributed by atoms with Gasteiger partial charge in [0.1, 0.15) is 9.75 Å². The van der Waals surface area contributed by atoms with E-state index in [1.54, 1.807) is 26.0 Å². The highest BCUT2D eigenvalue weighted by Gasteiger charge is 2.29. The lowest BCUT2D eigenvalue weighted by Gasteiger charge is -2.20. The maximum Gasteiger partial charge on any atom is 0.251 e. The summed E-state index contributed by atoms with van der Waals surface area (Å²) >= 11 is 1.24. The van der Waals surface area contributed by atoms with E-state index in [1.165, 1.54) is 11.3 Å². The van der Waals surface area contributed by atoms with Gasteiger partial charge in [-0.15, -0.1) is 11.3 Å². The second kappa shape index (κ2) is 5.17. The molecule has 0 radical (unpaired) electrons. The van der Waals surface area contributed by atoms with Crippen molar-refractivity contribution in [1.29, 1.82) is 5.26 Å². The average molecular weight is 272 g/mol. The summed E-state index contributed by atoms with van der Waals surface area (Å²) in [5.41, 5.74) is -1.05. The number of nitrogens with zero attached hydrogens (tertiary/aromatic N) is 1. The minimum atomic E-state index is -3.59. The van der Waals surface area contributed by atoms with Crippen molar-refractivity contribution in [2.75, 3.05) is 0 Å². The molecule has 4 nitrogen and oxygen atoms in total. The zero-order chi connectivity index (χ0) is 13.1. The molecule has 1 heterocycles. The number of nitriles is 1. The molecule has 1 unspecified atom stereocenters. The van der Waals surface area contributed by atoms with Crippen LogP contribution in [0.15, 0.2) is 16.3 Å². The fourth-order valence-corrected chi connectivity index (χ4v) is 3.90. The third-order valence-electron chi connectivity index (χ3n) is 2.56. The normalized spacial score (nSPS) is 15.2. The molecule has 0 aliphatic rings. The van der Waals surface area contributed by atoms with Crippen molar-refractivity contribution in [3.05, 3.63) is 17.0 Å². The number of rotatable bonds is 5. The van der Waals surface area contributed by atoms with Crippen LogP contribution in [-0.2, 0) is 16.4 Å². The first-order valence-corrected chi connectivity index (χ1v) is 7.71. The van der Waals surface area contributed by atoms with Gasteiger partial charge >= 0.3 is 0 Å². The van der Waals surface area contributed by atoms with Crippen molar-refractivity contribution in [2.24, 2.45) is 0 Å². The van der Waals surface area contributed by atoms with Gasteiger partial charge in [0.05, 0.1) is 6.07 Å². The van der Waals surface area contributed by atoms with E-state index in [1.807, 2.05) is 13.0 Å².